The van der Waals surface area contributed by atoms with Crippen LogP contribution in [-0.4, -0.2) is 42.9 Å². The molecule has 2 aliphatic rings. The van der Waals surface area contributed by atoms with E-state index < -0.39 is 0 Å². The van der Waals surface area contributed by atoms with Gasteiger partial charge < -0.3 is 4.74 Å². The van der Waals surface area contributed by atoms with Crippen LogP contribution in [0.3, 0.4) is 0 Å². The molecule has 1 aliphatic heterocycles. The van der Waals surface area contributed by atoms with E-state index in [0.29, 0.717) is 35.3 Å². The summed E-state index contributed by atoms with van der Waals surface area (Å²) in [5, 5.41) is 5.85. The number of hydrogen-bond acceptors (Lipinski definition) is 8. The van der Waals surface area contributed by atoms with E-state index in [1.807, 2.05) is 37.5 Å². The summed E-state index contributed by atoms with van der Waals surface area (Å²) in [5.41, 5.74) is 4.47. The third-order valence-electron chi connectivity index (χ3n) is 6.72. The van der Waals surface area contributed by atoms with Gasteiger partial charge in [0.25, 0.3) is 0 Å². The van der Waals surface area contributed by atoms with Crippen LogP contribution in [0.15, 0.2) is 47.7 Å². The van der Waals surface area contributed by atoms with E-state index in [2.05, 4.69) is 26.0 Å². The van der Waals surface area contributed by atoms with Gasteiger partial charge >= 0.3 is 0 Å². The molecule has 0 N–H and O–H groups in total. The Morgan fingerprint density at radius 3 is 2.66 bits per heavy atom. The molecule has 0 bridgehead atoms. The van der Waals surface area contributed by atoms with Gasteiger partial charge in [-0.2, -0.15) is 5.10 Å². The number of ether oxygens (including phenoxy) is 1. The summed E-state index contributed by atoms with van der Waals surface area (Å²) in [6.45, 7) is 3.34. The highest BCUT2D eigenvalue weighted by Gasteiger charge is 2.25. The third-order valence-corrected chi connectivity index (χ3v) is 7.82. The molecule has 7 rings (SSSR count). The van der Waals surface area contributed by atoms with Crippen molar-refractivity contribution in [2.24, 2.45) is 0 Å². The number of aryl methyl sites for hydroxylation is 1. The summed E-state index contributed by atoms with van der Waals surface area (Å²) < 4.78 is 8.24. The van der Waals surface area contributed by atoms with Crippen LogP contribution in [0, 0.1) is 6.92 Å². The van der Waals surface area contributed by atoms with Gasteiger partial charge in [0.15, 0.2) is 16.9 Å². The average Bonchev–Trinajstić information content (AvgIpc) is 3.41. The van der Waals surface area contributed by atoms with E-state index in [1.54, 1.807) is 10.9 Å². The topological polar surface area (TPSA) is 95.7 Å². The van der Waals surface area contributed by atoms with Crippen molar-refractivity contribution >= 4 is 32.6 Å². The molecule has 5 aromatic heterocycles. The predicted molar refractivity (Wildman–Crippen MR) is 134 cm³/mol. The Balaban J connectivity index is 1.39. The van der Waals surface area contributed by atoms with Gasteiger partial charge in [0.1, 0.15) is 0 Å². The quantitative estimate of drug-likeness (QED) is 0.371. The predicted octanol–water partition coefficient (Wildman–Crippen LogP) is 4.54. The molecule has 35 heavy (non-hydrogen) atoms. The highest BCUT2D eigenvalue weighted by atomic mass is 32.1. The van der Waals surface area contributed by atoms with E-state index in [4.69, 9.17) is 9.84 Å². The molecule has 1 atom stereocenters. The first-order valence-electron chi connectivity index (χ1n) is 11.8. The molecular formula is C26H22N6O2S. The SMILES string of the molecule is Cc1cnc2c(=O)c(-c3cc4cc([C@H]5CCOC5)ncc4s3)nn(-c3ccc(C4CC4)nc3)c2n1. The number of pyridine rings is 2. The summed E-state index contributed by atoms with van der Waals surface area (Å²) in [5.74, 6) is 0.886. The smallest absolute Gasteiger partial charge is 0.236 e. The van der Waals surface area contributed by atoms with E-state index >= 15 is 0 Å². The molecule has 9 heteroatoms. The molecule has 0 unspecified atom stereocenters. The molecule has 8 nitrogen and oxygen atoms in total. The zero-order valence-electron chi connectivity index (χ0n) is 19.1. The molecule has 0 radical (unpaired) electrons. The molecule has 1 aliphatic carbocycles. The van der Waals surface area contributed by atoms with Gasteiger partial charge in [-0.05, 0) is 55.8 Å². The molecule has 0 aromatic carbocycles. The van der Waals surface area contributed by atoms with Gasteiger partial charge in [0.2, 0.25) is 5.43 Å². The average molecular weight is 483 g/mol. The lowest BCUT2D eigenvalue weighted by Gasteiger charge is -2.11. The number of aromatic nitrogens is 6. The summed E-state index contributed by atoms with van der Waals surface area (Å²) in [4.78, 5) is 32.7. The van der Waals surface area contributed by atoms with Gasteiger partial charge in [-0.3, -0.25) is 14.8 Å². The fourth-order valence-electron chi connectivity index (χ4n) is 4.63. The maximum absolute atomic E-state index is 13.5. The minimum absolute atomic E-state index is 0.227. The first kappa shape index (κ1) is 20.8. The molecule has 2 fully saturated rings. The number of rotatable bonds is 4. The van der Waals surface area contributed by atoms with Crippen molar-refractivity contribution in [2.75, 3.05) is 13.2 Å². The van der Waals surface area contributed by atoms with Crippen LogP contribution >= 0.6 is 11.3 Å². The first-order valence-corrected chi connectivity index (χ1v) is 12.7. The van der Waals surface area contributed by atoms with Gasteiger partial charge in [0, 0.05) is 42.2 Å². The molecule has 0 spiro atoms. The number of hydrogen-bond donors (Lipinski definition) is 0. The maximum Gasteiger partial charge on any atom is 0.236 e. The highest BCUT2D eigenvalue weighted by Crippen LogP contribution is 2.39. The van der Waals surface area contributed by atoms with E-state index in [0.717, 1.165) is 50.8 Å². The minimum Gasteiger partial charge on any atom is -0.381 e. The van der Waals surface area contributed by atoms with Crippen LogP contribution in [0.4, 0.5) is 0 Å². The van der Waals surface area contributed by atoms with Crippen LogP contribution in [0.1, 0.15) is 48.2 Å². The van der Waals surface area contributed by atoms with Crippen molar-refractivity contribution in [3.05, 3.63) is 70.2 Å². The van der Waals surface area contributed by atoms with Crippen molar-refractivity contribution in [3.63, 3.8) is 0 Å². The number of thiophene rings is 1. The summed E-state index contributed by atoms with van der Waals surface area (Å²) in [6, 6.07) is 8.17. The lowest BCUT2D eigenvalue weighted by Crippen LogP contribution is -2.18. The molecule has 1 saturated heterocycles. The number of fused-ring (bicyclic) bond motifs is 2. The number of nitrogens with zero attached hydrogens (tertiary/aromatic N) is 6. The lowest BCUT2D eigenvalue weighted by molar-refractivity contribution is 0.193. The second-order valence-electron chi connectivity index (χ2n) is 9.31. The Hall–Kier alpha value is -3.56. The van der Waals surface area contributed by atoms with Crippen LogP contribution in [0.5, 0.6) is 0 Å². The summed E-state index contributed by atoms with van der Waals surface area (Å²) in [7, 11) is 0. The van der Waals surface area contributed by atoms with Crippen molar-refractivity contribution < 1.29 is 4.74 Å². The Bertz CT molecular complexity index is 1650. The summed E-state index contributed by atoms with van der Waals surface area (Å²) >= 11 is 1.51. The molecular weight excluding hydrogens is 460 g/mol. The molecule has 174 valence electrons. The van der Waals surface area contributed by atoms with Gasteiger partial charge in [-0.15, -0.1) is 11.3 Å². The third kappa shape index (κ3) is 3.62. The Labute approximate surface area is 204 Å². The van der Waals surface area contributed by atoms with Crippen LogP contribution in [0.2, 0.25) is 0 Å². The van der Waals surface area contributed by atoms with Crippen molar-refractivity contribution in [1.82, 2.24) is 29.7 Å². The van der Waals surface area contributed by atoms with Gasteiger partial charge in [-0.25, -0.2) is 14.6 Å². The first-order chi connectivity index (χ1) is 17.1. The normalized spacial score (nSPS) is 18.0. The van der Waals surface area contributed by atoms with Gasteiger partial charge in [-0.1, -0.05) is 0 Å². The zero-order valence-corrected chi connectivity index (χ0v) is 20.0. The van der Waals surface area contributed by atoms with E-state index in [1.165, 1.54) is 24.2 Å². The summed E-state index contributed by atoms with van der Waals surface area (Å²) in [6.07, 6.45) is 8.69. The monoisotopic (exact) mass is 482 g/mol. The second-order valence-corrected chi connectivity index (χ2v) is 10.4. The van der Waals surface area contributed by atoms with E-state index in [9.17, 15) is 4.79 Å². The van der Waals surface area contributed by atoms with Crippen molar-refractivity contribution in [1.29, 1.82) is 0 Å². The second kappa shape index (κ2) is 8.00. The van der Waals surface area contributed by atoms with Crippen LogP contribution in [-0.2, 0) is 4.74 Å². The minimum atomic E-state index is -0.227. The Kier molecular flexibility index (Phi) is 4.75. The zero-order chi connectivity index (χ0) is 23.5. The van der Waals surface area contributed by atoms with Crippen LogP contribution < -0.4 is 5.43 Å². The Morgan fingerprint density at radius 2 is 1.89 bits per heavy atom. The maximum atomic E-state index is 13.5. The van der Waals surface area contributed by atoms with E-state index in [-0.39, 0.29) is 5.43 Å². The molecule has 6 heterocycles. The molecule has 5 aromatic rings. The molecule has 1 saturated carbocycles. The van der Waals surface area contributed by atoms with Crippen molar-refractivity contribution in [3.8, 4) is 16.3 Å². The highest BCUT2D eigenvalue weighted by molar-refractivity contribution is 7.22. The fraction of sp³-hybridized carbons (Fsp3) is 0.308. The largest absolute Gasteiger partial charge is 0.381 e. The van der Waals surface area contributed by atoms with Crippen molar-refractivity contribution in [2.45, 2.75) is 38.0 Å². The Morgan fingerprint density at radius 1 is 1.00 bits per heavy atom. The van der Waals surface area contributed by atoms with Crippen LogP contribution in [0.25, 0.3) is 37.5 Å². The standard InChI is InChI=1S/C26H22N6O2S/c1-14-10-29-24-25(33)23(21-9-17-8-20(16-6-7-34-13-16)28-12-22(17)35-21)31-32(26(24)30-14)18-4-5-19(27-11-18)15-2-3-15/h4-5,8-12,15-16H,2-3,6-7,13H2,1H3/t16-/m0/s1. The molecule has 0 amide bonds. The lowest BCUT2D eigenvalue weighted by atomic mass is 10.0. The fourth-order valence-corrected chi connectivity index (χ4v) is 5.63. The van der Waals surface area contributed by atoms with Gasteiger partial charge in [0.05, 0.1) is 33.8 Å².